The summed E-state index contributed by atoms with van der Waals surface area (Å²) in [5, 5.41) is 0. The van der Waals surface area contributed by atoms with Crippen molar-refractivity contribution in [3.05, 3.63) is 0 Å². The lowest BCUT2D eigenvalue weighted by molar-refractivity contribution is 0.152. The largest absolute Gasteiger partial charge is 0.300 e. The molecule has 4 rings (SSSR count). The predicted molar refractivity (Wildman–Crippen MR) is 132 cm³/mol. The minimum atomic E-state index is 0.943. The third-order valence-corrected chi connectivity index (χ3v) is 8.46. The van der Waals surface area contributed by atoms with Crippen LogP contribution in [0.15, 0.2) is 0 Å². The van der Waals surface area contributed by atoms with Crippen molar-refractivity contribution >= 4 is 0 Å². The molecule has 0 aromatic rings. The van der Waals surface area contributed by atoms with Gasteiger partial charge < -0.3 is 9.80 Å². The second-order valence-corrected chi connectivity index (χ2v) is 10.9. The molecule has 0 N–H and O–H groups in total. The quantitative estimate of drug-likeness (QED) is 0.420. The van der Waals surface area contributed by atoms with Crippen molar-refractivity contribution in [2.45, 2.75) is 153 Å². The summed E-state index contributed by atoms with van der Waals surface area (Å²) in [4.78, 5) is 5.64. The van der Waals surface area contributed by atoms with Gasteiger partial charge in [-0.15, -0.1) is 0 Å². The van der Waals surface area contributed by atoms with Gasteiger partial charge in [-0.25, -0.2) is 0 Å². The Morgan fingerprint density at radius 2 is 0.500 bits per heavy atom. The zero-order chi connectivity index (χ0) is 20.7. The first-order valence-corrected chi connectivity index (χ1v) is 14.4. The van der Waals surface area contributed by atoms with Gasteiger partial charge in [0.2, 0.25) is 0 Å². The van der Waals surface area contributed by atoms with Crippen LogP contribution in [0.3, 0.4) is 0 Å². The topological polar surface area (TPSA) is 6.48 Å². The highest BCUT2D eigenvalue weighted by molar-refractivity contribution is 4.77. The van der Waals surface area contributed by atoms with Crippen LogP contribution in [-0.4, -0.2) is 48.1 Å². The summed E-state index contributed by atoms with van der Waals surface area (Å²) in [6.07, 6.45) is 32.6. The van der Waals surface area contributed by atoms with Crippen LogP contribution < -0.4 is 0 Å². The molecule has 0 amide bonds. The molecule has 0 radical (unpaired) electrons. The Hall–Kier alpha value is -0.0800. The first kappa shape index (κ1) is 24.6. The summed E-state index contributed by atoms with van der Waals surface area (Å²) in [5.74, 6) is 0. The first-order valence-electron chi connectivity index (χ1n) is 14.4. The third kappa shape index (κ3) is 9.60. The van der Waals surface area contributed by atoms with Gasteiger partial charge in [-0.3, -0.25) is 0 Å². The van der Waals surface area contributed by atoms with Crippen molar-refractivity contribution in [3.63, 3.8) is 0 Å². The molecule has 2 aliphatic carbocycles. The molecule has 2 heterocycles. The van der Waals surface area contributed by atoms with Gasteiger partial charge in [0.25, 0.3) is 0 Å². The fourth-order valence-electron chi connectivity index (χ4n) is 6.52. The Morgan fingerprint density at radius 3 is 0.800 bits per heavy atom. The van der Waals surface area contributed by atoms with Crippen molar-refractivity contribution in [1.29, 1.82) is 0 Å². The summed E-state index contributed by atoms with van der Waals surface area (Å²) in [5.41, 5.74) is 0. The molecule has 0 aromatic heterocycles. The molecule has 0 aromatic carbocycles. The van der Waals surface area contributed by atoms with E-state index in [1.165, 1.54) is 167 Å². The van der Waals surface area contributed by atoms with Crippen LogP contribution in [0.2, 0.25) is 0 Å². The molecule has 4 aliphatic rings. The maximum absolute atomic E-state index is 2.84. The van der Waals surface area contributed by atoms with E-state index >= 15 is 0 Å². The number of nitrogens with zero attached hydrogens (tertiary/aromatic N) is 2. The van der Waals surface area contributed by atoms with E-state index in [1.807, 2.05) is 0 Å². The molecule has 2 aliphatic heterocycles. The zero-order valence-corrected chi connectivity index (χ0v) is 20.4. The fraction of sp³-hybridized carbons (Fsp3) is 1.00. The fourth-order valence-corrected chi connectivity index (χ4v) is 6.52. The molecular weight excluding hydrogens is 364 g/mol. The average Bonchev–Trinajstić information content (AvgIpc) is 3.14. The molecular formula is C28H54N2. The van der Waals surface area contributed by atoms with Gasteiger partial charge in [-0.1, -0.05) is 89.9 Å². The van der Waals surface area contributed by atoms with E-state index < -0.39 is 0 Å². The van der Waals surface area contributed by atoms with Crippen LogP contribution in [-0.2, 0) is 0 Å². The van der Waals surface area contributed by atoms with Crippen molar-refractivity contribution < 1.29 is 0 Å². The molecule has 2 saturated heterocycles. The van der Waals surface area contributed by atoms with Gasteiger partial charge in [0.15, 0.2) is 0 Å². The standard InChI is InChI=1S/C15H29N.C13H25N/c1-3-7-11-15(12-8-4-1)16-13-9-5-2-6-10-14-16;1-2-6-10-13(9-5-1)14-11-7-3-4-8-12-14/h15H,1-14H2;13H,1-12H2. The molecule has 0 spiro atoms. The lowest BCUT2D eigenvalue weighted by Gasteiger charge is -2.34. The van der Waals surface area contributed by atoms with Gasteiger partial charge in [0.1, 0.15) is 0 Å². The monoisotopic (exact) mass is 418 g/mol. The molecule has 0 unspecified atom stereocenters. The highest BCUT2D eigenvalue weighted by atomic mass is 15.2. The van der Waals surface area contributed by atoms with E-state index in [2.05, 4.69) is 9.80 Å². The van der Waals surface area contributed by atoms with Gasteiger partial charge in [-0.05, 0) is 77.5 Å². The second kappa shape index (κ2) is 15.7. The Labute approximate surface area is 189 Å². The van der Waals surface area contributed by atoms with Crippen LogP contribution in [0, 0.1) is 0 Å². The minimum absolute atomic E-state index is 0.943. The average molecular weight is 419 g/mol. The SMILES string of the molecule is C1CCCC(N2CCCCCC2)CC1.C1CCCC(N2CCCCCCC2)CCC1. The Bertz CT molecular complexity index is 339. The molecule has 176 valence electrons. The molecule has 0 bridgehead atoms. The van der Waals surface area contributed by atoms with E-state index in [0.717, 1.165) is 12.1 Å². The molecule has 30 heavy (non-hydrogen) atoms. The summed E-state index contributed by atoms with van der Waals surface area (Å²) in [6, 6.07) is 1.90. The Morgan fingerprint density at radius 1 is 0.267 bits per heavy atom. The lowest BCUT2D eigenvalue weighted by Crippen LogP contribution is -2.38. The number of likely N-dealkylation sites (tertiary alicyclic amines) is 2. The van der Waals surface area contributed by atoms with E-state index in [1.54, 1.807) is 0 Å². The second-order valence-electron chi connectivity index (χ2n) is 10.9. The summed E-state index contributed by atoms with van der Waals surface area (Å²) in [7, 11) is 0. The molecule has 2 nitrogen and oxygen atoms in total. The normalized spacial score (nSPS) is 28.0. The number of rotatable bonds is 2. The van der Waals surface area contributed by atoms with Crippen molar-refractivity contribution in [2.24, 2.45) is 0 Å². The molecule has 4 fully saturated rings. The van der Waals surface area contributed by atoms with Crippen LogP contribution in [0.1, 0.15) is 141 Å². The highest BCUT2D eigenvalue weighted by Crippen LogP contribution is 2.25. The first-order chi connectivity index (χ1) is 14.9. The summed E-state index contributed by atoms with van der Waals surface area (Å²) in [6.45, 7) is 5.57. The number of hydrogen-bond acceptors (Lipinski definition) is 2. The Kier molecular flexibility index (Phi) is 12.8. The lowest BCUT2D eigenvalue weighted by atomic mass is 9.94. The minimum Gasteiger partial charge on any atom is -0.300 e. The predicted octanol–water partition coefficient (Wildman–Crippen LogP) is 7.95. The van der Waals surface area contributed by atoms with Crippen molar-refractivity contribution in [2.75, 3.05) is 26.2 Å². The van der Waals surface area contributed by atoms with Crippen LogP contribution in [0.25, 0.3) is 0 Å². The van der Waals surface area contributed by atoms with Crippen molar-refractivity contribution in [1.82, 2.24) is 9.80 Å². The van der Waals surface area contributed by atoms with E-state index in [4.69, 9.17) is 0 Å². The van der Waals surface area contributed by atoms with Gasteiger partial charge in [-0.2, -0.15) is 0 Å². The zero-order valence-electron chi connectivity index (χ0n) is 20.4. The number of hydrogen-bond donors (Lipinski definition) is 0. The highest BCUT2D eigenvalue weighted by Gasteiger charge is 2.21. The van der Waals surface area contributed by atoms with Crippen LogP contribution >= 0.6 is 0 Å². The van der Waals surface area contributed by atoms with E-state index in [9.17, 15) is 0 Å². The van der Waals surface area contributed by atoms with Gasteiger partial charge >= 0.3 is 0 Å². The Balaban J connectivity index is 0.000000172. The van der Waals surface area contributed by atoms with Crippen LogP contribution in [0.4, 0.5) is 0 Å². The van der Waals surface area contributed by atoms with Gasteiger partial charge in [0.05, 0.1) is 0 Å². The van der Waals surface area contributed by atoms with Crippen LogP contribution in [0.5, 0.6) is 0 Å². The molecule has 2 saturated carbocycles. The third-order valence-electron chi connectivity index (χ3n) is 8.46. The maximum atomic E-state index is 2.84. The summed E-state index contributed by atoms with van der Waals surface area (Å²) < 4.78 is 0. The van der Waals surface area contributed by atoms with Gasteiger partial charge in [0, 0.05) is 12.1 Å². The summed E-state index contributed by atoms with van der Waals surface area (Å²) >= 11 is 0. The smallest absolute Gasteiger partial charge is 0.00952 e. The molecule has 0 atom stereocenters. The van der Waals surface area contributed by atoms with E-state index in [0.29, 0.717) is 0 Å². The van der Waals surface area contributed by atoms with Crippen molar-refractivity contribution in [3.8, 4) is 0 Å². The van der Waals surface area contributed by atoms with E-state index in [-0.39, 0.29) is 0 Å². The molecule has 2 heteroatoms. The maximum Gasteiger partial charge on any atom is 0.00952 e.